The van der Waals surface area contributed by atoms with Crippen molar-refractivity contribution >= 4 is 17.0 Å². The molecule has 1 aromatic heterocycles. The molecule has 1 aromatic carbocycles. The Balaban J connectivity index is 2.12. The molecule has 3 rings (SSSR count). The quantitative estimate of drug-likeness (QED) is 0.900. The van der Waals surface area contributed by atoms with E-state index in [9.17, 15) is 9.90 Å². The molecule has 1 atom stereocenters. The van der Waals surface area contributed by atoms with Crippen LogP contribution in [0.2, 0.25) is 0 Å². The topological polar surface area (TPSA) is 68.0 Å². The van der Waals surface area contributed by atoms with Crippen molar-refractivity contribution in [3.8, 4) is 0 Å². The Hall–Kier alpha value is -1.91. The second kappa shape index (κ2) is 4.05. The van der Waals surface area contributed by atoms with E-state index in [1.807, 2.05) is 10.7 Å². The van der Waals surface area contributed by atoms with E-state index in [-0.39, 0.29) is 11.6 Å². The minimum absolute atomic E-state index is 0.250. The van der Waals surface area contributed by atoms with E-state index in [1.54, 1.807) is 12.1 Å². The molecule has 100 valence electrons. The predicted octanol–water partition coefficient (Wildman–Crippen LogP) is 2.88. The first-order valence-electron chi connectivity index (χ1n) is 6.55. The predicted molar refractivity (Wildman–Crippen MR) is 71.2 cm³/mol. The van der Waals surface area contributed by atoms with Crippen molar-refractivity contribution in [2.45, 2.75) is 39.2 Å². The molecule has 1 aliphatic rings. The van der Waals surface area contributed by atoms with Crippen molar-refractivity contribution in [1.82, 2.24) is 15.0 Å². The Labute approximate surface area is 111 Å². The van der Waals surface area contributed by atoms with E-state index in [2.05, 4.69) is 24.2 Å². The van der Waals surface area contributed by atoms with Gasteiger partial charge in [0.1, 0.15) is 11.0 Å². The Bertz CT molecular complexity index is 645. The third-order valence-electron chi connectivity index (χ3n) is 4.01. The third-order valence-corrected chi connectivity index (χ3v) is 4.01. The molecule has 5 heteroatoms. The molecule has 1 heterocycles. The van der Waals surface area contributed by atoms with Gasteiger partial charge in [0, 0.05) is 0 Å². The SMILES string of the molecule is CC1(C)CCC(n2nnc3cccc(C(=O)O)c32)C1. The van der Waals surface area contributed by atoms with Gasteiger partial charge in [-0.25, -0.2) is 9.48 Å². The number of carbonyl (C=O) groups is 1. The van der Waals surface area contributed by atoms with E-state index in [0.29, 0.717) is 16.4 Å². The lowest BCUT2D eigenvalue weighted by Crippen LogP contribution is -2.12. The minimum atomic E-state index is -0.925. The molecule has 0 saturated heterocycles. The summed E-state index contributed by atoms with van der Waals surface area (Å²) in [5, 5.41) is 17.6. The van der Waals surface area contributed by atoms with Crippen molar-refractivity contribution in [3.63, 3.8) is 0 Å². The first kappa shape index (κ1) is 12.1. The maximum Gasteiger partial charge on any atom is 0.337 e. The van der Waals surface area contributed by atoms with Crippen LogP contribution in [0.25, 0.3) is 11.0 Å². The molecule has 1 saturated carbocycles. The van der Waals surface area contributed by atoms with Gasteiger partial charge in [-0.2, -0.15) is 0 Å². The molecule has 0 radical (unpaired) electrons. The Kier molecular flexibility index (Phi) is 2.59. The molecular weight excluding hydrogens is 242 g/mol. The molecule has 2 aromatic rings. The number of hydrogen-bond acceptors (Lipinski definition) is 3. The molecule has 1 unspecified atom stereocenters. The number of hydrogen-bond donors (Lipinski definition) is 1. The summed E-state index contributed by atoms with van der Waals surface area (Å²) >= 11 is 0. The average Bonchev–Trinajstić information content (AvgIpc) is 2.91. The highest BCUT2D eigenvalue weighted by atomic mass is 16.4. The zero-order valence-electron chi connectivity index (χ0n) is 11.1. The normalized spacial score (nSPS) is 21.9. The second-order valence-electron chi connectivity index (χ2n) is 6.07. The molecule has 1 fully saturated rings. The van der Waals surface area contributed by atoms with Crippen molar-refractivity contribution in [3.05, 3.63) is 23.8 Å². The lowest BCUT2D eigenvalue weighted by Gasteiger charge is -2.17. The highest BCUT2D eigenvalue weighted by molar-refractivity contribution is 6.00. The number of rotatable bonds is 2. The van der Waals surface area contributed by atoms with Gasteiger partial charge in [-0.3, -0.25) is 0 Å². The maximum absolute atomic E-state index is 11.3. The van der Waals surface area contributed by atoms with E-state index in [1.165, 1.54) is 0 Å². The number of benzene rings is 1. The summed E-state index contributed by atoms with van der Waals surface area (Å²) in [4.78, 5) is 11.3. The first-order valence-corrected chi connectivity index (χ1v) is 6.55. The van der Waals surface area contributed by atoms with Gasteiger partial charge < -0.3 is 5.11 Å². The Morgan fingerprint density at radius 2 is 2.26 bits per heavy atom. The number of aromatic carboxylic acids is 1. The van der Waals surface area contributed by atoms with E-state index in [0.717, 1.165) is 19.3 Å². The van der Waals surface area contributed by atoms with E-state index < -0.39 is 5.97 Å². The zero-order chi connectivity index (χ0) is 13.6. The maximum atomic E-state index is 11.3. The first-order chi connectivity index (χ1) is 8.98. The number of carboxylic acids is 1. The number of nitrogens with zero attached hydrogens (tertiary/aromatic N) is 3. The van der Waals surface area contributed by atoms with Crippen LogP contribution in [0.5, 0.6) is 0 Å². The van der Waals surface area contributed by atoms with Crippen molar-refractivity contribution in [1.29, 1.82) is 0 Å². The Morgan fingerprint density at radius 1 is 1.47 bits per heavy atom. The number of carboxylic acid groups (broad SMARTS) is 1. The lowest BCUT2D eigenvalue weighted by molar-refractivity contribution is 0.0698. The highest BCUT2D eigenvalue weighted by Crippen LogP contribution is 2.44. The summed E-state index contributed by atoms with van der Waals surface area (Å²) in [6.07, 6.45) is 3.17. The summed E-state index contributed by atoms with van der Waals surface area (Å²) in [6.45, 7) is 4.48. The van der Waals surface area contributed by atoms with E-state index in [4.69, 9.17) is 0 Å². The molecule has 19 heavy (non-hydrogen) atoms. The molecule has 5 nitrogen and oxygen atoms in total. The van der Waals surface area contributed by atoms with Gasteiger partial charge in [0.25, 0.3) is 0 Å². The van der Waals surface area contributed by atoms with Gasteiger partial charge in [0.05, 0.1) is 11.6 Å². The van der Waals surface area contributed by atoms with Crippen LogP contribution in [-0.2, 0) is 0 Å². The summed E-state index contributed by atoms with van der Waals surface area (Å²) in [5.74, 6) is -0.925. The molecule has 1 N–H and O–H groups in total. The van der Waals surface area contributed by atoms with Crippen LogP contribution in [-0.4, -0.2) is 26.1 Å². The minimum Gasteiger partial charge on any atom is -0.478 e. The molecule has 0 spiro atoms. The number of para-hydroxylation sites is 1. The van der Waals surface area contributed by atoms with Crippen LogP contribution in [0, 0.1) is 5.41 Å². The fourth-order valence-electron chi connectivity index (χ4n) is 3.03. The molecular formula is C14H17N3O2. The zero-order valence-corrected chi connectivity index (χ0v) is 11.1. The van der Waals surface area contributed by atoms with Crippen LogP contribution < -0.4 is 0 Å². The monoisotopic (exact) mass is 259 g/mol. The molecule has 0 bridgehead atoms. The standard InChI is InChI=1S/C14H17N3O2/c1-14(2)7-6-9(8-14)17-12-10(13(18)19)4-3-5-11(12)15-16-17/h3-5,9H,6-8H2,1-2H3,(H,18,19). The average molecular weight is 259 g/mol. The Morgan fingerprint density at radius 3 is 2.89 bits per heavy atom. The summed E-state index contributed by atoms with van der Waals surface area (Å²) < 4.78 is 1.81. The fraction of sp³-hybridized carbons (Fsp3) is 0.500. The van der Waals surface area contributed by atoms with Crippen LogP contribution in [0.3, 0.4) is 0 Å². The highest BCUT2D eigenvalue weighted by Gasteiger charge is 2.33. The van der Waals surface area contributed by atoms with Crippen molar-refractivity contribution in [2.75, 3.05) is 0 Å². The van der Waals surface area contributed by atoms with Gasteiger partial charge in [-0.1, -0.05) is 25.1 Å². The van der Waals surface area contributed by atoms with Crippen molar-refractivity contribution < 1.29 is 9.90 Å². The van der Waals surface area contributed by atoms with Gasteiger partial charge in [-0.05, 0) is 36.8 Å². The van der Waals surface area contributed by atoms with Crippen LogP contribution >= 0.6 is 0 Å². The largest absolute Gasteiger partial charge is 0.478 e. The van der Waals surface area contributed by atoms with Gasteiger partial charge in [0.2, 0.25) is 0 Å². The number of fused-ring (bicyclic) bond motifs is 1. The smallest absolute Gasteiger partial charge is 0.337 e. The molecule has 1 aliphatic carbocycles. The lowest BCUT2D eigenvalue weighted by atomic mass is 9.92. The van der Waals surface area contributed by atoms with Crippen molar-refractivity contribution in [2.24, 2.45) is 5.41 Å². The van der Waals surface area contributed by atoms with E-state index >= 15 is 0 Å². The third kappa shape index (κ3) is 1.99. The van der Waals surface area contributed by atoms with Crippen LogP contribution in [0.4, 0.5) is 0 Å². The van der Waals surface area contributed by atoms with Crippen LogP contribution in [0.1, 0.15) is 49.5 Å². The van der Waals surface area contributed by atoms with Gasteiger partial charge in [-0.15, -0.1) is 5.10 Å². The second-order valence-corrected chi connectivity index (χ2v) is 6.07. The molecule has 0 aliphatic heterocycles. The number of aromatic nitrogens is 3. The van der Waals surface area contributed by atoms with Gasteiger partial charge in [0.15, 0.2) is 0 Å². The summed E-state index contributed by atoms with van der Waals surface area (Å²) in [7, 11) is 0. The van der Waals surface area contributed by atoms with Gasteiger partial charge >= 0.3 is 5.97 Å². The summed E-state index contributed by atoms with van der Waals surface area (Å²) in [5.41, 5.74) is 1.88. The fourth-order valence-corrected chi connectivity index (χ4v) is 3.03. The van der Waals surface area contributed by atoms with Crippen LogP contribution in [0.15, 0.2) is 18.2 Å². The summed E-state index contributed by atoms with van der Waals surface area (Å²) in [6, 6.07) is 5.39. The molecule has 0 amide bonds.